The quantitative estimate of drug-likeness (QED) is 0.469. The third-order valence-corrected chi connectivity index (χ3v) is 6.05. The van der Waals surface area contributed by atoms with Crippen molar-refractivity contribution in [2.24, 2.45) is 0 Å². The maximum Gasteiger partial charge on any atom is 0.255 e. The van der Waals surface area contributed by atoms with Crippen LogP contribution in [0.2, 0.25) is 0 Å². The Hall–Kier alpha value is -3.25. The van der Waals surface area contributed by atoms with E-state index < -0.39 is 0 Å². The number of thioether (sulfide) groups is 1. The van der Waals surface area contributed by atoms with Crippen LogP contribution in [-0.4, -0.2) is 24.2 Å². The fraction of sp³-hybridized carbons (Fsp3) is 0.200. The van der Waals surface area contributed by atoms with Crippen LogP contribution in [-0.2, 0) is 4.79 Å². The van der Waals surface area contributed by atoms with E-state index in [0.29, 0.717) is 22.7 Å². The summed E-state index contributed by atoms with van der Waals surface area (Å²) in [7, 11) is 1.56. The molecule has 3 aromatic rings. The van der Waals surface area contributed by atoms with E-state index in [1.165, 1.54) is 17.3 Å². The molecule has 3 aromatic carbocycles. The standard InChI is InChI=1S/C25H26N2O3S/c1-16-9-10-17(2)23(15-16)31-18(3)24(28)26-20-13-11-19(12-14-20)25(29)27-21-7-5-6-8-22(21)30-4/h5-15,18H,1-4H3,(H,26,28)(H,27,29). The van der Waals surface area contributed by atoms with E-state index in [1.54, 1.807) is 43.5 Å². The molecule has 0 saturated heterocycles. The summed E-state index contributed by atoms with van der Waals surface area (Å²) in [6, 6.07) is 20.3. The molecule has 1 unspecified atom stereocenters. The van der Waals surface area contributed by atoms with Gasteiger partial charge < -0.3 is 15.4 Å². The van der Waals surface area contributed by atoms with Crippen LogP contribution in [0.3, 0.4) is 0 Å². The lowest BCUT2D eigenvalue weighted by Gasteiger charge is -2.14. The van der Waals surface area contributed by atoms with Crippen molar-refractivity contribution < 1.29 is 14.3 Å². The third-order valence-electron chi connectivity index (χ3n) is 4.79. The average Bonchev–Trinajstić information content (AvgIpc) is 2.77. The van der Waals surface area contributed by atoms with Crippen LogP contribution in [0.5, 0.6) is 5.75 Å². The average molecular weight is 435 g/mol. The normalized spacial score (nSPS) is 11.5. The predicted molar refractivity (Wildman–Crippen MR) is 127 cm³/mol. The molecule has 2 N–H and O–H groups in total. The second-order valence-corrected chi connectivity index (χ2v) is 8.63. The second kappa shape index (κ2) is 10.2. The number of hydrogen-bond acceptors (Lipinski definition) is 4. The van der Waals surface area contributed by atoms with Gasteiger partial charge in [0.15, 0.2) is 0 Å². The summed E-state index contributed by atoms with van der Waals surface area (Å²) in [5, 5.41) is 5.50. The molecule has 0 aliphatic rings. The number of rotatable bonds is 7. The molecule has 160 valence electrons. The number of para-hydroxylation sites is 2. The summed E-state index contributed by atoms with van der Waals surface area (Å²) in [6.45, 7) is 5.97. The molecule has 0 aliphatic carbocycles. The van der Waals surface area contributed by atoms with Gasteiger partial charge in [-0.05, 0) is 68.8 Å². The zero-order valence-corrected chi connectivity index (χ0v) is 18.9. The Morgan fingerprint density at radius 1 is 0.935 bits per heavy atom. The van der Waals surface area contributed by atoms with Crippen LogP contribution in [0.15, 0.2) is 71.6 Å². The Labute approximate surface area is 187 Å². The lowest BCUT2D eigenvalue weighted by molar-refractivity contribution is -0.115. The lowest BCUT2D eigenvalue weighted by Crippen LogP contribution is -2.22. The molecule has 0 aliphatic heterocycles. The monoisotopic (exact) mass is 434 g/mol. The van der Waals surface area contributed by atoms with Crippen LogP contribution >= 0.6 is 11.8 Å². The Morgan fingerprint density at radius 3 is 2.35 bits per heavy atom. The number of hydrogen-bond donors (Lipinski definition) is 2. The van der Waals surface area contributed by atoms with Gasteiger partial charge in [-0.2, -0.15) is 0 Å². The highest BCUT2D eigenvalue weighted by Gasteiger charge is 2.16. The summed E-state index contributed by atoms with van der Waals surface area (Å²) in [5.74, 6) is 0.258. The van der Waals surface area contributed by atoms with Gasteiger partial charge in [0.05, 0.1) is 18.0 Å². The second-order valence-electron chi connectivity index (χ2n) is 7.25. The number of ether oxygens (including phenoxy) is 1. The maximum absolute atomic E-state index is 12.6. The van der Waals surface area contributed by atoms with E-state index >= 15 is 0 Å². The minimum absolute atomic E-state index is 0.0860. The molecule has 3 rings (SSSR count). The number of nitrogens with one attached hydrogen (secondary N) is 2. The molecular formula is C25H26N2O3S. The Kier molecular flexibility index (Phi) is 7.36. The predicted octanol–water partition coefficient (Wildman–Crippen LogP) is 5.68. The number of methoxy groups -OCH3 is 1. The van der Waals surface area contributed by atoms with Crippen molar-refractivity contribution in [2.75, 3.05) is 17.7 Å². The van der Waals surface area contributed by atoms with Crippen molar-refractivity contribution in [1.29, 1.82) is 0 Å². The van der Waals surface area contributed by atoms with Gasteiger partial charge in [0, 0.05) is 16.1 Å². The largest absolute Gasteiger partial charge is 0.495 e. The zero-order valence-electron chi connectivity index (χ0n) is 18.1. The molecule has 0 spiro atoms. The maximum atomic E-state index is 12.6. The van der Waals surface area contributed by atoms with Crippen LogP contribution < -0.4 is 15.4 Å². The van der Waals surface area contributed by atoms with Gasteiger partial charge in [0.2, 0.25) is 5.91 Å². The number of anilines is 2. The molecular weight excluding hydrogens is 408 g/mol. The zero-order chi connectivity index (χ0) is 22.4. The smallest absolute Gasteiger partial charge is 0.255 e. The minimum Gasteiger partial charge on any atom is -0.495 e. The molecule has 0 aromatic heterocycles. The summed E-state index contributed by atoms with van der Waals surface area (Å²) < 4.78 is 5.26. The highest BCUT2D eigenvalue weighted by Crippen LogP contribution is 2.28. The summed E-state index contributed by atoms with van der Waals surface area (Å²) in [4.78, 5) is 26.3. The first-order chi connectivity index (χ1) is 14.9. The number of amides is 2. The summed E-state index contributed by atoms with van der Waals surface area (Å²) in [6.07, 6.45) is 0. The van der Waals surface area contributed by atoms with Gasteiger partial charge in [0.1, 0.15) is 5.75 Å². The van der Waals surface area contributed by atoms with E-state index in [0.717, 1.165) is 10.5 Å². The van der Waals surface area contributed by atoms with E-state index in [-0.39, 0.29) is 17.1 Å². The summed E-state index contributed by atoms with van der Waals surface area (Å²) >= 11 is 1.54. The van der Waals surface area contributed by atoms with E-state index in [4.69, 9.17) is 4.74 Å². The third kappa shape index (κ3) is 5.89. The van der Waals surface area contributed by atoms with Gasteiger partial charge in [0.25, 0.3) is 5.91 Å². The molecule has 0 saturated carbocycles. The Balaban J connectivity index is 1.61. The molecule has 6 heteroatoms. The summed E-state index contributed by atoms with van der Waals surface area (Å²) in [5.41, 5.74) is 4.06. The molecule has 0 radical (unpaired) electrons. The van der Waals surface area contributed by atoms with Crippen LogP contribution in [0.25, 0.3) is 0 Å². The molecule has 1 atom stereocenters. The van der Waals surface area contributed by atoms with Crippen molar-refractivity contribution in [3.8, 4) is 5.75 Å². The number of carbonyl (C=O) groups is 2. The SMILES string of the molecule is COc1ccccc1NC(=O)c1ccc(NC(=O)C(C)Sc2cc(C)ccc2C)cc1. The first-order valence-corrected chi connectivity index (χ1v) is 10.8. The van der Waals surface area contributed by atoms with E-state index in [1.807, 2.05) is 32.9 Å². The van der Waals surface area contributed by atoms with Gasteiger partial charge in [-0.15, -0.1) is 11.8 Å². The van der Waals surface area contributed by atoms with Crippen LogP contribution in [0.4, 0.5) is 11.4 Å². The Morgan fingerprint density at radius 2 is 1.65 bits per heavy atom. The van der Waals surface area contributed by atoms with Crippen molar-refractivity contribution in [3.63, 3.8) is 0 Å². The van der Waals surface area contributed by atoms with E-state index in [9.17, 15) is 9.59 Å². The van der Waals surface area contributed by atoms with Gasteiger partial charge in [-0.1, -0.05) is 29.8 Å². The van der Waals surface area contributed by atoms with Crippen molar-refractivity contribution in [1.82, 2.24) is 0 Å². The molecule has 31 heavy (non-hydrogen) atoms. The fourth-order valence-corrected chi connectivity index (χ4v) is 4.02. The topological polar surface area (TPSA) is 67.4 Å². The molecule has 2 amide bonds. The van der Waals surface area contributed by atoms with Crippen LogP contribution in [0, 0.1) is 13.8 Å². The molecule has 0 bridgehead atoms. The number of aryl methyl sites for hydroxylation is 2. The van der Waals surface area contributed by atoms with Crippen LogP contribution in [0.1, 0.15) is 28.4 Å². The highest BCUT2D eigenvalue weighted by molar-refractivity contribution is 8.00. The van der Waals surface area contributed by atoms with E-state index in [2.05, 4.69) is 28.8 Å². The fourth-order valence-electron chi connectivity index (χ4n) is 2.97. The minimum atomic E-state index is -0.256. The highest BCUT2D eigenvalue weighted by atomic mass is 32.2. The Bertz CT molecular complexity index is 1080. The lowest BCUT2D eigenvalue weighted by atomic mass is 10.2. The number of carbonyl (C=O) groups excluding carboxylic acids is 2. The molecule has 5 nitrogen and oxygen atoms in total. The van der Waals surface area contributed by atoms with Crippen molar-refractivity contribution in [3.05, 3.63) is 83.4 Å². The van der Waals surface area contributed by atoms with Gasteiger partial charge in [-0.3, -0.25) is 9.59 Å². The van der Waals surface area contributed by atoms with Crippen molar-refractivity contribution in [2.45, 2.75) is 30.9 Å². The first kappa shape index (κ1) is 22.4. The van der Waals surface area contributed by atoms with Crippen molar-refractivity contribution >= 4 is 35.0 Å². The molecule has 0 fully saturated rings. The van der Waals surface area contributed by atoms with Gasteiger partial charge in [-0.25, -0.2) is 0 Å². The molecule has 0 heterocycles. The van der Waals surface area contributed by atoms with Gasteiger partial charge >= 0.3 is 0 Å². The number of benzene rings is 3. The first-order valence-electron chi connectivity index (χ1n) is 9.96.